The van der Waals surface area contributed by atoms with Gasteiger partial charge in [-0.25, -0.2) is 4.98 Å². The number of amides is 2. The van der Waals surface area contributed by atoms with E-state index in [4.69, 9.17) is 0 Å². The predicted molar refractivity (Wildman–Crippen MR) is 128 cm³/mol. The first kappa shape index (κ1) is 22.0. The van der Waals surface area contributed by atoms with Crippen molar-refractivity contribution in [2.24, 2.45) is 0 Å². The van der Waals surface area contributed by atoms with Crippen LogP contribution in [0.1, 0.15) is 25.3 Å². The van der Waals surface area contributed by atoms with Crippen LogP contribution in [0, 0.1) is 0 Å². The van der Waals surface area contributed by atoms with Gasteiger partial charge in [-0.1, -0.05) is 18.2 Å². The second kappa shape index (κ2) is 10.4. The van der Waals surface area contributed by atoms with Crippen LogP contribution in [0.4, 0.5) is 11.5 Å². The molecule has 2 amide bonds. The van der Waals surface area contributed by atoms with E-state index in [-0.39, 0.29) is 17.9 Å². The first-order valence-electron chi connectivity index (χ1n) is 11.4. The van der Waals surface area contributed by atoms with Crippen LogP contribution in [-0.4, -0.2) is 67.0 Å². The SMILES string of the molecule is CC(CN1CCN(c2ccccn2)CC1)NC(=O)/C=C/c1ccc(N2CCCC2=O)cc1. The third-order valence-electron chi connectivity index (χ3n) is 5.97. The molecule has 2 aliphatic heterocycles. The van der Waals surface area contributed by atoms with Crippen molar-refractivity contribution in [3.8, 4) is 0 Å². The molecule has 3 heterocycles. The van der Waals surface area contributed by atoms with E-state index in [1.54, 1.807) is 6.08 Å². The summed E-state index contributed by atoms with van der Waals surface area (Å²) in [4.78, 5) is 35.1. The van der Waals surface area contributed by atoms with Gasteiger partial charge in [0.25, 0.3) is 0 Å². The Morgan fingerprint density at radius 2 is 1.88 bits per heavy atom. The highest BCUT2D eigenvalue weighted by Crippen LogP contribution is 2.22. The maximum Gasteiger partial charge on any atom is 0.244 e. The number of rotatable bonds is 7. The van der Waals surface area contributed by atoms with Crippen LogP contribution in [0.25, 0.3) is 6.08 Å². The monoisotopic (exact) mass is 433 g/mol. The average molecular weight is 434 g/mol. The molecule has 0 spiro atoms. The number of aromatic nitrogens is 1. The van der Waals surface area contributed by atoms with Gasteiger partial charge in [-0.05, 0) is 49.2 Å². The lowest BCUT2D eigenvalue weighted by molar-refractivity contribution is -0.117. The number of anilines is 2. The number of benzene rings is 1. The molecular weight excluding hydrogens is 402 g/mol. The molecule has 0 saturated carbocycles. The molecule has 1 unspecified atom stereocenters. The third-order valence-corrected chi connectivity index (χ3v) is 5.97. The van der Waals surface area contributed by atoms with Gasteiger partial charge in [0.2, 0.25) is 11.8 Å². The summed E-state index contributed by atoms with van der Waals surface area (Å²) in [5.41, 5.74) is 1.86. The quantitative estimate of drug-likeness (QED) is 0.680. The van der Waals surface area contributed by atoms with Gasteiger partial charge in [0, 0.05) is 69.7 Å². The molecule has 1 atom stereocenters. The van der Waals surface area contributed by atoms with Gasteiger partial charge in [-0.3, -0.25) is 14.5 Å². The largest absolute Gasteiger partial charge is 0.354 e. The summed E-state index contributed by atoms with van der Waals surface area (Å²) < 4.78 is 0. The first-order chi connectivity index (χ1) is 15.6. The molecule has 2 aliphatic rings. The molecule has 7 nitrogen and oxygen atoms in total. The van der Waals surface area contributed by atoms with E-state index in [9.17, 15) is 9.59 Å². The number of hydrogen-bond acceptors (Lipinski definition) is 5. The third kappa shape index (κ3) is 5.73. The van der Waals surface area contributed by atoms with Crippen molar-refractivity contribution < 1.29 is 9.59 Å². The summed E-state index contributed by atoms with van der Waals surface area (Å²) in [6.45, 7) is 7.45. The molecule has 168 valence electrons. The standard InChI is InChI=1S/C25H31N5O2/c1-20(19-28-15-17-29(18-16-28)23-5-2-3-13-26-23)27-24(31)12-9-21-7-10-22(11-8-21)30-14-4-6-25(30)32/h2-3,5,7-13,20H,4,6,14-19H2,1H3,(H,27,31)/b12-9+. The minimum Gasteiger partial charge on any atom is -0.354 e. The molecule has 2 fully saturated rings. The summed E-state index contributed by atoms with van der Waals surface area (Å²) in [5, 5.41) is 3.06. The lowest BCUT2D eigenvalue weighted by atomic mass is 10.2. The number of nitrogens with one attached hydrogen (secondary N) is 1. The number of hydrogen-bond donors (Lipinski definition) is 1. The number of carbonyl (C=O) groups is 2. The molecule has 1 aromatic carbocycles. The Bertz CT molecular complexity index is 937. The van der Waals surface area contributed by atoms with Gasteiger partial charge in [0.1, 0.15) is 5.82 Å². The maximum atomic E-state index is 12.3. The second-order valence-electron chi connectivity index (χ2n) is 8.46. The Labute approximate surface area is 189 Å². The summed E-state index contributed by atoms with van der Waals surface area (Å²) >= 11 is 0. The van der Waals surface area contributed by atoms with Crippen molar-refractivity contribution in [3.63, 3.8) is 0 Å². The van der Waals surface area contributed by atoms with E-state index in [1.807, 2.05) is 66.6 Å². The van der Waals surface area contributed by atoms with Crippen molar-refractivity contribution in [2.45, 2.75) is 25.8 Å². The Balaban J connectivity index is 1.20. The highest BCUT2D eigenvalue weighted by Gasteiger charge is 2.21. The Morgan fingerprint density at radius 3 is 2.53 bits per heavy atom. The summed E-state index contributed by atoms with van der Waals surface area (Å²) in [6.07, 6.45) is 6.75. The number of pyridine rings is 1. The molecule has 0 bridgehead atoms. The van der Waals surface area contributed by atoms with Crippen molar-refractivity contribution in [1.29, 1.82) is 0 Å². The Hall–Kier alpha value is -3.19. The van der Waals surface area contributed by atoms with E-state index < -0.39 is 0 Å². The lowest BCUT2D eigenvalue weighted by Crippen LogP contribution is -2.50. The smallest absolute Gasteiger partial charge is 0.244 e. The molecule has 2 saturated heterocycles. The minimum absolute atomic E-state index is 0.0668. The van der Waals surface area contributed by atoms with E-state index >= 15 is 0 Å². The fraction of sp³-hybridized carbons (Fsp3) is 0.400. The van der Waals surface area contributed by atoms with Gasteiger partial charge in [0.15, 0.2) is 0 Å². The highest BCUT2D eigenvalue weighted by atomic mass is 16.2. The van der Waals surface area contributed by atoms with Crippen LogP contribution in [-0.2, 0) is 9.59 Å². The van der Waals surface area contributed by atoms with Crippen LogP contribution in [0.2, 0.25) is 0 Å². The number of nitrogens with zero attached hydrogens (tertiary/aromatic N) is 4. The molecule has 1 N–H and O–H groups in total. The number of carbonyl (C=O) groups excluding carboxylic acids is 2. The fourth-order valence-corrected chi connectivity index (χ4v) is 4.28. The zero-order valence-electron chi connectivity index (χ0n) is 18.6. The van der Waals surface area contributed by atoms with Gasteiger partial charge >= 0.3 is 0 Å². The van der Waals surface area contributed by atoms with Crippen molar-refractivity contribution >= 4 is 29.4 Å². The van der Waals surface area contributed by atoms with Crippen molar-refractivity contribution in [1.82, 2.24) is 15.2 Å². The van der Waals surface area contributed by atoms with E-state index in [1.165, 1.54) is 0 Å². The van der Waals surface area contributed by atoms with Gasteiger partial charge < -0.3 is 15.1 Å². The van der Waals surface area contributed by atoms with Gasteiger partial charge in [0.05, 0.1) is 0 Å². The van der Waals surface area contributed by atoms with Gasteiger partial charge in [-0.2, -0.15) is 0 Å². The van der Waals surface area contributed by atoms with Crippen LogP contribution in [0.3, 0.4) is 0 Å². The van der Waals surface area contributed by atoms with Crippen molar-refractivity contribution in [2.75, 3.05) is 49.1 Å². The van der Waals surface area contributed by atoms with E-state index in [2.05, 4.69) is 20.1 Å². The minimum atomic E-state index is -0.0941. The highest BCUT2D eigenvalue weighted by molar-refractivity contribution is 5.95. The molecule has 7 heteroatoms. The Morgan fingerprint density at radius 1 is 1.09 bits per heavy atom. The second-order valence-corrected chi connectivity index (χ2v) is 8.46. The van der Waals surface area contributed by atoms with Crippen LogP contribution in [0.5, 0.6) is 0 Å². The van der Waals surface area contributed by atoms with Crippen LogP contribution < -0.4 is 15.1 Å². The zero-order valence-corrected chi connectivity index (χ0v) is 18.6. The summed E-state index contributed by atoms with van der Waals surface area (Å²) in [5.74, 6) is 1.11. The molecule has 1 aromatic heterocycles. The summed E-state index contributed by atoms with van der Waals surface area (Å²) in [6, 6.07) is 13.8. The molecule has 32 heavy (non-hydrogen) atoms. The van der Waals surface area contributed by atoms with Gasteiger partial charge in [-0.15, -0.1) is 0 Å². The number of piperazine rings is 1. The molecule has 2 aromatic rings. The van der Waals surface area contributed by atoms with E-state index in [0.29, 0.717) is 6.42 Å². The average Bonchev–Trinajstić information content (AvgIpc) is 3.25. The molecule has 0 radical (unpaired) electrons. The maximum absolute atomic E-state index is 12.3. The van der Waals surface area contributed by atoms with Crippen LogP contribution in [0.15, 0.2) is 54.7 Å². The molecule has 0 aliphatic carbocycles. The lowest BCUT2D eigenvalue weighted by Gasteiger charge is -2.36. The molecular formula is C25H31N5O2. The van der Waals surface area contributed by atoms with Crippen LogP contribution >= 0.6 is 0 Å². The molecule has 4 rings (SSSR count). The topological polar surface area (TPSA) is 68.8 Å². The predicted octanol–water partition coefficient (Wildman–Crippen LogP) is 2.55. The van der Waals surface area contributed by atoms with Crippen molar-refractivity contribution in [3.05, 3.63) is 60.3 Å². The normalized spacial score (nSPS) is 18.3. The first-order valence-corrected chi connectivity index (χ1v) is 11.4. The zero-order chi connectivity index (χ0) is 22.3. The van der Waals surface area contributed by atoms with E-state index in [0.717, 1.165) is 62.8 Å². The summed E-state index contributed by atoms with van der Waals surface area (Å²) in [7, 11) is 0. The Kier molecular flexibility index (Phi) is 7.17. The fourth-order valence-electron chi connectivity index (χ4n) is 4.28.